The van der Waals surface area contributed by atoms with Crippen LogP contribution in [0.1, 0.15) is 59.6 Å². The molecule has 1 aliphatic rings. The van der Waals surface area contributed by atoms with Gasteiger partial charge in [-0.05, 0) is 43.2 Å². The van der Waals surface area contributed by atoms with E-state index < -0.39 is 82.5 Å². The van der Waals surface area contributed by atoms with E-state index in [4.69, 9.17) is 4.74 Å². The second kappa shape index (κ2) is 18.9. The number of methoxy groups -OCH3 is 1. The molecule has 0 aliphatic carbocycles. The molecule has 0 unspecified atom stereocenters. The normalized spacial score (nSPS) is 18.1. The minimum atomic E-state index is -1.79. The Morgan fingerprint density at radius 1 is 0.808 bits per heavy atom. The summed E-state index contributed by atoms with van der Waals surface area (Å²) in [5.41, 5.74) is 1.54. The molecule has 2 aromatic rings. The van der Waals surface area contributed by atoms with Gasteiger partial charge in [0, 0.05) is 18.1 Å². The minimum absolute atomic E-state index is 0.0553. The largest absolute Gasteiger partial charge is 0.467 e. The van der Waals surface area contributed by atoms with E-state index in [1.54, 1.807) is 65.8 Å². The Balaban J connectivity index is 1.88. The molecule has 13 nitrogen and oxygen atoms in total. The number of carbonyl (C=O) groups excluding carboxylic acids is 6. The third-order valence-corrected chi connectivity index (χ3v) is 10.4. The van der Waals surface area contributed by atoms with Gasteiger partial charge in [0.25, 0.3) is 5.91 Å². The van der Waals surface area contributed by atoms with Gasteiger partial charge in [-0.3, -0.25) is 24.0 Å². The Bertz CT molecular complexity index is 1550. The number of aliphatic hydroxyl groups excluding tert-OH is 1. The number of rotatable bonds is 16. The summed E-state index contributed by atoms with van der Waals surface area (Å²) >= 11 is 1.34. The van der Waals surface area contributed by atoms with Crippen molar-refractivity contribution in [1.29, 1.82) is 0 Å². The maximum atomic E-state index is 14.1. The monoisotopic (exact) mass is 739 g/mol. The maximum absolute atomic E-state index is 14.1. The minimum Gasteiger partial charge on any atom is -0.467 e. The highest BCUT2D eigenvalue weighted by Crippen LogP contribution is 2.40. The molecular formula is C38H53N5O8S. The SMILES string of the molecule is COC(=O)[C@@H](NC(=O)[C@H]1N(C(=O)[C@@H](O)[C@H](Cc2ccccc2)NC(=O)[C@@H](NC(=O)[C@H](Cc2ccccc2)NC(C)=O)C(C)C)CSC1(C)C)C(C)C. The molecule has 1 saturated heterocycles. The second-order valence-corrected chi connectivity index (χ2v) is 15.9. The van der Waals surface area contributed by atoms with Gasteiger partial charge in [0.1, 0.15) is 24.2 Å². The fourth-order valence-electron chi connectivity index (χ4n) is 6.09. The van der Waals surface area contributed by atoms with E-state index in [9.17, 15) is 33.9 Å². The van der Waals surface area contributed by atoms with Crippen LogP contribution >= 0.6 is 11.8 Å². The molecule has 2 aromatic carbocycles. The van der Waals surface area contributed by atoms with Gasteiger partial charge in [-0.2, -0.15) is 0 Å². The van der Waals surface area contributed by atoms with E-state index in [-0.39, 0.29) is 24.6 Å². The molecule has 1 fully saturated rings. The summed E-state index contributed by atoms with van der Waals surface area (Å²) in [6, 6.07) is 12.9. The standard InChI is InChI=1S/C38H53N5O8S/c1-22(2)29(41-33(46)28(39-24(5)44)20-26-17-13-10-14-18-26)34(47)40-27(19-25-15-11-9-12-16-25)31(45)36(49)43-21-52-38(6,7)32(43)35(48)42-30(23(3)4)37(50)51-8/h9-18,22-23,27-32,45H,19-21H2,1-8H3,(H,39,44)(H,40,47)(H,41,46)(H,42,48)/t27-,28-,29-,30-,31-,32+/m0/s1. The van der Waals surface area contributed by atoms with Gasteiger partial charge >= 0.3 is 5.97 Å². The average Bonchev–Trinajstić information content (AvgIpc) is 3.42. The summed E-state index contributed by atoms with van der Waals surface area (Å²) in [5.74, 6) is -4.23. The van der Waals surface area contributed by atoms with Crippen LogP contribution in [-0.4, -0.2) is 99.6 Å². The third-order valence-electron chi connectivity index (χ3n) is 8.98. The fraction of sp³-hybridized carbons (Fsp3) is 0.526. The Kier molecular flexibility index (Phi) is 15.2. The molecule has 5 N–H and O–H groups in total. The average molecular weight is 740 g/mol. The summed E-state index contributed by atoms with van der Waals surface area (Å²) in [4.78, 5) is 81.1. The zero-order valence-corrected chi connectivity index (χ0v) is 32.0. The van der Waals surface area contributed by atoms with Crippen LogP contribution in [0, 0.1) is 11.8 Å². The van der Waals surface area contributed by atoms with Crippen molar-refractivity contribution in [3.8, 4) is 0 Å². The van der Waals surface area contributed by atoms with Crippen LogP contribution in [-0.2, 0) is 46.3 Å². The molecule has 0 saturated carbocycles. The van der Waals surface area contributed by atoms with E-state index in [0.29, 0.717) is 0 Å². The number of hydrogen-bond donors (Lipinski definition) is 5. The van der Waals surface area contributed by atoms with Gasteiger partial charge in [-0.25, -0.2) is 4.79 Å². The summed E-state index contributed by atoms with van der Waals surface area (Å²) in [7, 11) is 1.23. The van der Waals surface area contributed by atoms with Crippen LogP contribution in [0.25, 0.3) is 0 Å². The zero-order chi connectivity index (χ0) is 38.7. The Morgan fingerprint density at radius 2 is 1.35 bits per heavy atom. The van der Waals surface area contributed by atoms with Crippen LogP contribution in [0.5, 0.6) is 0 Å². The van der Waals surface area contributed by atoms with Crippen molar-refractivity contribution in [2.75, 3.05) is 13.0 Å². The van der Waals surface area contributed by atoms with Crippen LogP contribution in [0.15, 0.2) is 60.7 Å². The van der Waals surface area contributed by atoms with Crippen molar-refractivity contribution >= 4 is 47.3 Å². The van der Waals surface area contributed by atoms with Crippen LogP contribution < -0.4 is 21.3 Å². The summed E-state index contributed by atoms with van der Waals surface area (Å²) in [5, 5.41) is 22.7. The lowest BCUT2D eigenvalue weighted by atomic mass is 9.95. The highest BCUT2D eigenvalue weighted by atomic mass is 32.2. The molecule has 284 valence electrons. The second-order valence-electron chi connectivity index (χ2n) is 14.3. The molecule has 52 heavy (non-hydrogen) atoms. The molecule has 14 heteroatoms. The summed E-state index contributed by atoms with van der Waals surface area (Å²) in [6.07, 6.45) is -1.54. The number of hydrogen-bond acceptors (Lipinski definition) is 9. The number of nitrogens with zero attached hydrogens (tertiary/aromatic N) is 1. The molecule has 0 aromatic heterocycles. The Morgan fingerprint density at radius 3 is 1.85 bits per heavy atom. The fourth-order valence-corrected chi connectivity index (χ4v) is 7.23. The maximum Gasteiger partial charge on any atom is 0.328 e. The zero-order valence-electron chi connectivity index (χ0n) is 31.2. The van der Waals surface area contributed by atoms with E-state index >= 15 is 0 Å². The lowest BCUT2D eigenvalue weighted by Crippen LogP contribution is -2.62. The van der Waals surface area contributed by atoms with Crippen molar-refractivity contribution in [3.63, 3.8) is 0 Å². The van der Waals surface area contributed by atoms with Crippen LogP contribution in [0.4, 0.5) is 0 Å². The lowest BCUT2D eigenvalue weighted by Gasteiger charge is -2.35. The summed E-state index contributed by atoms with van der Waals surface area (Å²) < 4.78 is 4.09. The van der Waals surface area contributed by atoms with E-state index in [1.807, 2.05) is 36.4 Å². The van der Waals surface area contributed by atoms with E-state index in [2.05, 4.69) is 21.3 Å². The molecule has 5 amide bonds. The molecule has 3 rings (SSSR count). The molecule has 0 spiro atoms. The predicted octanol–water partition coefficient (Wildman–Crippen LogP) is 1.96. The Labute approximate surface area is 310 Å². The van der Waals surface area contributed by atoms with Crippen molar-refractivity contribution in [2.45, 2.75) is 102 Å². The van der Waals surface area contributed by atoms with Crippen molar-refractivity contribution in [1.82, 2.24) is 26.2 Å². The predicted molar refractivity (Wildman–Crippen MR) is 199 cm³/mol. The number of aliphatic hydroxyl groups is 1. The number of carbonyl (C=O) groups is 6. The smallest absolute Gasteiger partial charge is 0.328 e. The number of esters is 1. The first-order valence-electron chi connectivity index (χ1n) is 17.4. The van der Waals surface area contributed by atoms with E-state index in [1.165, 1.54) is 30.7 Å². The first kappa shape index (κ1) is 42.0. The molecule has 0 radical (unpaired) electrons. The van der Waals surface area contributed by atoms with E-state index in [0.717, 1.165) is 11.1 Å². The highest BCUT2D eigenvalue weighted by molar-refractivity contribution is 8.00. The van der Waals surface area contributed by atoms with Gasteiger partial charge in [0.15, 0.2) is 6.10 Å². The van der Waals surface area contributed by atoms with Gasteiger partial charge in [0.2, 0.25) is 23.6 Å². The van der Waals surface area contributed by atoms with Crippen LogP contribution in [0.3, 0.4) is 0 Å². The van der Waals surface area contributed by atoms with Gasteiger partial charge in [0.05, 0.1) is 19.0 Å². The van der Waals surface area contributed by atoms with Gasteiger partial charge in [-0.1, -0.05) is 88.4 Å². The van der Waals surface area contributed by atoms with Crippen molar-refractivity contribution < 1.29 is 38.6 Å². The highest BCUT2D eigenvalue weighted by Gasteiger charge is 2.50. The van der Waals surface area contributed by atoms with Crippen molar-refractivity contribution in [3.05, 3.63) is 71.8 Å². The number of ether oxygens (including phenoxy) is 1. The Hall–Kier alpha value is -4.43. The summed E-state index contributed by atoms with van der Waals surface area (Å²) in [6.45, 7) is 11.9. The molecule has 0 bridgehead atoms. The third kappa shape index (κ3) is 11.3. The molecule has 1 aliphatic heterocycles. The molecule has 6 atom stereocenters. The van der Waals surface area contributed by atoms with Gasteiger partial charge in [-0.15, -0.1) is 11.8 Å². The quantitative estimate of drug-likeness (QED) is 0.161. The molecule has 1 heterocycles. The van der Waals surface area contributed by atoms with Crippen molar-refractivity contribution in [2.24, 2.45) is 11.8 Å². The lowest BCUT2D eigenvalue weighted by molar-refractivity contribution is -0.150. The first-order chi connectivity index (χ1) is 24.5. The number of benzene rings is 2. The number of thioether (sulfide) groups is 1. The number of amides is 5. The topological polar surface area (TPSA) is 183 Å². The van der Waals surface area contributed by atoms with Gasteiger partial charge < -0.3 is 36.0 Å². The molecular weight excluding hydrogens is 687 g/mol. The number of nitrogens with one attached hydrogen (secondary N) is 4. The first-order valence-corrected chi connectivity index (χ1v) is 18.4. The van der Waals surface area contributed by atoms with Crippen LogP contribution in [0.2, 0.25) is 0 Å².